The largest absolute Gasteiger partial charge is 0.497 e. The molecule has 5 aromatic rings. The second kappa shape index (κ2) is 16.6. The van der Waals surface area contributed by atoms with Gasteiger partial charge in [-0.2, -0.15) is 0 Å². The number of methoxy groups -OCH3 is 1. The van der Waals surface area contributed by atoms with E-state index in [1.165, 1.54) is 62.7 Å². The van der Waals surface area contributed by atoms with Crippen molar-refractivity contribution in [3.8, 4) is 47.3 Å². The van der Waals surface area contributed by atoms with E-state index in [1.807, 2.05) is 6.07 Å². The van der Waals surface area contributed by atoms with Gasteiger partial charge in [-0.05, 0) is 84.8 Å². The van der Waals surface area contributed by atoms with Gasteiger partial charge < -0.3 is 14.2 Å². The lowest BCUT2D eigenvalue weighted by Gasteiger charge is -2.16. The first kappa shape index (κ1) is 33.5. The van der Waals surface area contributed by atoms with Crippen LogP contribution in [0.15, 0.2) is 60.7 Å². The normalized spacial score (nSPS) is 12.8. The number of rotatable bonds is 18. The molecule has 4 nitrogen and oxygen atoms in total. The molecule has 3 aromatic heterocycles. The molecule has 2 unspecified atom stereocenters. The quantitative estimate of drug-likeness (QED) is 0.0937. The minimum Gasteiger partial charge on any atom is -0.497 e. The first-order chi connectivity index (χ1) is 22.0. The summed E-state index contributed by atoms with van der Waals surface area (Å²) in [5, 5.41) is 1.06. The van der Waals surface area contributed by atoms with Crippen LogP contribution in [-0.4, -0.2) is 25.3 Å². The third-order valence-electron chi connectivity index (χ3n) is 8.48. The fraction of sp³-hybridized carbons (Fsp3) is 0.447. The van der Waals surface area contributed by atoms with E-state index >= 15 is 0 Å². The summed E-state index contributed by atoms with van der Waals surface area (Å²) in [5.74, 6) is 3.84. The number of hydrogen-bond donors (Lipinski definition) is 0. The minimum absolute atomic E-state index is 0.584. The molecule has 0 N–H and O–H groups in total. The highest BCUT2D eigenvalue weighted by molar-refractivity contribution is 7.28. The van der Waals surface area contributed by atoms with Crippen LogP contribution in [0.5, 0.6) is 17.2 Å². The fourth-order valence-electron chi connectivity index (χ4n) is 5.45. The van der Waals surface area contributed by atoms with Gasteiger partial charge in [0.05, 0.1) is 35.4 Å². The van der Waals surface area contributed by atoms with Crippen LogP contribution in [0.3, 0.4) is 0 Å². The lowest BCUT2D eigenvalue weighted by atomic mass is 10.0. The van der Waals surface area contributed by atoms with E-state index in [2.05, 4.69) is 82.3 Å². The van der Waals surface area contributed by atoms with Gasteiger partial charge in [0.25, 0.3) is 0 Å². The van der Waals surface area contributed by atoms with Crippen LogP contribution in [-0.2, 0) is 0 Å². The van der Waals surface area contributed by atoms with E-state index in [-0.39, 0.29) is 0 Å². The average molecular weight is 662 g/mol. The minimum atomic E-state index is 0.584. The van der Waals surface area contributed by atoms with Gasteiger partial charge >= 0.3 is 0 Å². The van der Waals surface area contributed by atoms with E-state index in [0.29, 0.717) is 11.8 Å². The molecule has 2 aromatic carbocycles. The van der Waals surface area contributed by atoms with Gasteiger partial charge in [-0.3, -0.25) is 0 Å². The van der Waals surface area contributed by atoms with Gasteiger partial charge in [0, 0.05) is 20.7 Å². The van der Waals surface area contributed by atoms with Crippen LogP contribution in [0, 0.1) is 11.8 Å². The molecule has 0 amide bonds. The highest BCUT2D eigenvalue weighted by Gasteiger charge is 2.15. The van der Waals surface area contributed by atoms with Gasteiger partial charge in [-0.1, -0.05) is 66.2 Å². The van der Waals surface area contributed by atoms with Crippen LogP contribution in [0.4, 0.5) is 0 Å². The van der Waals surface area contributed by atoms with Crippen LogP contribution < -0.4 is 14.2 Å². The van der Waals surface area contributed by atoms with E-state index in [9.17, 15) is 0 Å². The molecule has 0 radical (unpaired) electrons. The summed E-state index contributed by atoms with van der Waals surface area (Å²) in [4.78, 5) is 9.87. The number of fused-ring (bicyclic) bond motifs is 1. The number of hydrogen-bond acceptors (Lipinski definition) is 7. The molecule has 3 heterocycles. The van der Waals surface area contributed by atoms with Crippen molar-refractivity contribution in [1.29, 1.82) is 0 Å². The second-order valence-electron chi connectivity index (χ2n) is 11.8. The Labute approximate surface area is 281 Å². The predicted molar refractivity (Wildman–Crippen MR) is 196 cm³/mol. The summed E-state index contributed by atoms with van der Waals surface area (Å²) in [6.45, 7) is 10.5. The summed E-state index contributed by atoms with van der Waals surface area (Å²) in [7, 11) is 1.72. The second-order valence-corrected chi connectivity index (χ2v) is 15.0. The molecule has 0 fully saturated rings. The van der Waals surface area contributed by atoms with Gasteiger partial charge in [-0.25, -0.2) is 4.98 Å². The molecule has 240 valence electrons. The van der Waals surface area contributed by atoms with E-state index in [4.69, 9.17) is 19.2 Å². The molecule has 0 spiro atoms. The van der Waals surface area contributed by atoms with Crippen molar-refractivity contribution in [2.75, 3.05) is 20.3 Å². The van der Waals surface area contributed by atoms with Crippen molar-refractivity contribution >= 4 is 44.2 Å². The predicted octanol–water partition coefficient (Wildman–Crippen LogP) is 12.6. The average Bonchev–Trinajstić information content (AvgIpc) is 3.84. The summed E-state index contributed by atoms with van der Waals surface area (Å²) in [6.07, 6.45) is 9.73. The number of ether oxygens (including phenoxy) is 3. The number of aromatic nitrogens is 1. The molecule has 0 aliphatic heterocycles. The molecule has 45 heavy (non-hydrogen) atoms. The highest BCUT2D eigenvalue weighted by atomic mass is 32.1. The summed E-state index contributed by atoms with van der Waals surface area (Å²) >= 11 is 5.34. The van der Waals surface area contributed by atoms with Crippen LogP contribution >= 0.6 is 34.0 Å². The Bertz CT molecular complexity index is 1630. The molecular weight excluding hydrogens is 615 g/mol. The van der Waals surface area contributed by atoms with Crippen LogP contribution in [0.25, 0.3) is 40.3 Å². The van der Waals surface area contributed by atoms with Crippen molar-refractivity contribution in [3.05, 3.63) is 60.7 Å². The Morgan fingerprint density at radius 1 is 0.622 bits per heavy atom. The third-order valence-corrected chi connectivity index (χ3v) is 12.1. The Morgan fingerprint density at radius 3 is 1.87 bits per heavy atom. The van der Waals surface area contributed by atoms with Crippen LogP contribution in [0.1, 0.15) is 79.1 Å². The molecule has 2 atom stereocenters. The summed E-state index contributed by atoms with van der Waals surface area (Å²) in [6, 6.07) is 21.4. The lowest BCUT2D eigenvalue weighted by molar-refractivity contribution is 0.232. The topological polar surface area (TPSA) is 40.6 Å². The Hall–Kier alpha value is -2.87. The Balaban J connectivity index is 1.28. The van der Waals surface area contributed by atoms with Gasteiger partial charge in [-0.15, -0.1) is 34.0 Å². The molecular formula is C38H47NO3S3. The molecule has 5 rings (SSSR count). The standard InChI is InChI=1S/C38H47NO3S3/c1-6-10-12-26(8-3)24-41-29-14-15-32-37(23-29)45-38(39-32)36-19-18-35(44-36)34-17-16-33(43-34)28-20-30(40-5)22-31(21-28)42-25-27(9-4)13-11-7-2/h14-23,26-27H,6-13,24-25H2,1-5H3. The number of nitrogens with zero attached hydrogens (tertiary/aromatic N) is 1. The number of thiophene rings is 2. The molecule has 0 saturated heterocycles. The molecule has 7 heteroatoms. The first-order valence-electron chi connectivity index (χ1n) is 16.6. The number of unbranched alkanes of at least 4 members (excludes halogenated alkanes) is 2. The zero-order valence-electron chi connectivity index (χ0n) is 27.4. The monoisotopic (exact) mass is 661 g/mol. The third kappa shape index (κ3) is 8.90. The lowest BCUT2D eigenvalue weighted by Crippen LogP contribution is -2.11. The van der Waals surface area contributed by atoms with Crippen molar-refractivity contribution < 1.29 is 14.2 Å². The first-order valence-corrected chi connectivity index (χ1v) is 19.0. The molecule has 0 aliphatic carbocycles. The maximum Gasteiger partial charge on any atom is 0.134 e. The zero-order chi connectivity index (χ0) is 31.6. The van der Waals surface area contributed by atoms with Gasteiger partial charge in [0.2, 0.25) is 0 Å². The Kier molecular flexibility index (Phi) is 12.4. The summed E-state index contributed by atoms with van der Waals surface area (Å²) < 4.78 is 19.3. The number of benzene rings is 2. The molecule has 0 bridgehead atoms. The maximum atomic E-state index is 6.29. The summed E-state index contributed by atoms with van der Waals surface area (Å²) in [5.41, 5.74) is 2.15. The van der Waals surface area contributed by atoms with Crippen molar-refractivity contribution in [2.24, 2.45) is 11.8 Å². The smallest absolute Gasteiger partial charge is 0.134 e. The highest BCUT2D eigenvalue weighted by Crippen LogP contribution is 2.43. The Morgan fingerprint density at radius 2 is 1.22 bits per heavy atom. The van der Waals surface area contributed by atoms with Gasteiger partial charge in [0.1, 0.15) is 22.3 Å². The van der Waals surface area contributed by atoms with E-state index in [1.54, 1.807) is 41.1 Å². The van der Waals surface area contributed by atoms with E-state index < -0.39 is 0 Å². The van der Waals surface area contributed by atoms with Crippen molar-refractivity contribution in [3.63, 3.8) is 0 Å². The zero-order valence-corrected chi connectivity index (χ0v) is 29.8. The maximum absolute atomic E-state index is 6.29. The van der Waals surface area contributed by atoms with Crippen LogP contribution in [0.2, 0.25) is 0 Å². The molecule has 0 aliphatic rings. The number of thiazole rings is 1. The molecule has 0 saturated carbocycles. The SMILES string of the molecule is CCCCC(CC)COc1cc(OC)cc(-c2ccc(-c3ccc(-c4nc5ccc(OCC(CC)CCCC)cc5s4)s3)s2)c1. The van der Waals surface area contributed by atoms with Gasteiger partial charge in [0.15, 0.2) is 0 Å². The van der Waals surface area contributed by atoms with E-state index in [0.717, 1.165) is 59.4 Å². The van der Waals surface area contributed by atoms with Crippen molar-refractivity contribution in [1.82, 2.24) is 4.98 Å². The van der Waals surface area contributed by atoms with Crippen molar-refractivity contribution in [2.45, 2.75) is 79.1 Å². The fourth-order valence-corrected chi connectivity index (χ4v) is 8.59.